The van der Waals surface area contributed by atoms with Gasteiger partial charge in [-0.1, -0.05) is 60.5 Å². The third-order valence-electron chi connectivity index (χ3n) is 6.86. The summed E-state index contributed by atoms with van der Waals surface area (Å²) in [6.45, 7) is 6.12. The lowest BCUT2D eigenvalue weighted by atomic mass is 10.1. The summed E-state index contributed by atoms with van der Waals surface area (Å²) in [5.41, 5.74) is 5.25. The lowest BCUT2D eigenvalue weighted by Gasteiger charge is -2.26. The number of hydrogen-bond donors (Lipinski definition) is 1. The molecule has 0 aliphatic carbocycles. The fourth-order valence-corrected chi connectivity index (χ4v) is 4.95. The van der Waals surface area contributed by atoms with Gasteiger partial charge in [0.05, 0.1) is 6.54 Å². The minimum Gasteiger partial charge on any atom is -0.489 e. The van der Waals surface area contributed by atoms with Gasteiger partial charge in [-0.2, -0.15) is 5.10 Å². The molecule has 1 saturated heterocycles. The summed E-state index contributed by atoms with van der Waals surface area (Å²) in [7, 11) is 0. The summed E-state index contributed by atoms with van der Waals surface area (Å²) >= 11 is 6.30. The van der Waals surface area contributed by atoms with Crippen LogP contribution in [0.4, 0.5) is 5.69 Å². The molecule has 0 radical (unpaired) electrons. The molecule has 0 saturated carbocycles. The first-order valence-corrected chi connectivity index (χ1v) is 13.5. The summed E-state index contributed by atoms with van der Waals surface area (Å²) in [6.07, 6.45) is 3.89. The monoisotopic (exact) mass is 564 g/mol. The fraction of sp³-hybridized carbons (Fsp3) is 0.290. The Labute approximate surface area is 241 Å². The van der Waals surface area contributed by atoms with Crippen LogP contribution in [-0.2, 0) is 19.7 Å². The average Bonchev–Trinajstić information content (AvgIpc) is 3.30. The Morgan fingerprint density at radius 1 is 0.923 bits per heavy atom. The normalized spacial score (nSPS) is 13.5. The number of aryl methyl sites for hydroxylation is 1. The number of carbonyl (C=O) groups is 1. The Bertz CT molecular complexity index is 1370. The Balaban J connectivity index is 0.00000353. The highest BCUT2D eigenvalue weighted by Gasteiger charge is 2.15. The van der Waals surface area contributed by atoms with Crippen LogP contribution >= 0.6 is 24.0 Å². The predicted octanol–water partition coefficient (Wildman–Crippen LogP) is 7.13. The van der Waals surface area contributed by atoms with E-state index in [1.807, 2.05) is 67.6 Å². The molecule has 0 atom stereocenters. The molecule has 0 spiro atoms. The lowest BCUT2D eigenvalue weighted by molar-refractivity contribution is 0.102. The van der Waals surface area contributed by atoms with Crippen LogP contribution < -0.4 is 10.1 Å². The first kappa shape index (κ1) is 28.7. The quantitative estimate of drug-likeness (QED) is 0.235. The lowest BCUT2D eigenvalue weighted by Crippen LogP contribution is -2.29. The summed E-state index contributed by atoms with van der Waals surface area (Å²) in [5.74, 6) is 0.506. The second kappa shape index (κ2) is 13.7. The molecular formula is C31H34Cl2N4O2. The molecule has 3 aromatic carbocycles. The number of halogens is 2. The summed E-state index contributed by atoms with van der Waals surface area (Å²) < 4.78 is 7.90. The molecule has 1 fully saturated rings. The number of likely N-dealkylation sites (tertiary alicyclic amines) is 1. The Kier molecular flexibility index (Phi) is 10.0. The van der Waals surface area contributed by atoms with Crippen LogP contribution in [0.15, 0.2) is 78.9 Å². The number of aromatic nitrogens is 2. The zero-order valence-electron chi connectivity index (χ0n) is 22.1. The van der Waals surface area contributed by atoms with Gasteiger partial charge in [0.15, 0.2) is 5.69 Å². The third kappa shape index (κ3) is 7.85. The van der Waals surface area contributed by atoms with Gasteiger partial charge in [0.25, 0.3) is 5.91 Å². The molecule has 2 heterocycles. The van der Waals surface area contributed by atoms with E-state index in [1.165, 1.54) is 24.8 Å². The number of nitrogens with zero attached hydrogens (tertiary/aromatic N) is 3. The highest BCUT2D eigenvalue weighted by molar-refractivity contribution is 6.30. The molecule has 204 valence electrons. The number of anilines is 1. The van der Waals surface area contributed by atoms with E-state index in [1.54, 1.807) is 10.7 Å². The van der Waals surface area contributed by atoms with Gasteiger partial charge in [-0.25, -0.2) is 0 Å². The molecule has 1 aliphatic rings. The van der Waals surface area contributed by atoms with Gasteiger partial charge in [-0.3, -0.25) is 14.4 Å². The molecule has 1 aromatic heterocycles. The number of carbonyl (C=O) groups excluding carboxylic acids is 1. The Hall–Kier alpha value is -3.32. The van der Waals surface area contributed by atoms with Gasteiger partial charge in [-0.05, 0) is 80.4 Å². The van der Waals surface area contributed by atoms with E-state index in [-0.39, 0.29) is 18.3 Å². The molecule has 1 amide bonds. The first-order valence-electron chi connectivity index (χ1n) is 13.2. The van der Waals surface area contributed by atoms with Crippen LogP contribution in [-0.4, -0.2) is 33.7 Å². The van der Waals surface area contributed by atoms with Gasteiger partial charge in [-0.15, -0.1) is 12.4 Å². The number of nitrogens with one attached hydrogen (secondary N) is 1. The molecule has 5 rings (SSSR count). The predicted molar refractivity (Wildman–Crippen MR) is 159 cm³/mol. The average molecular weight is 566 g/mol. The van der Waals surface area contributed by atoms with E-state index in [0.29, 0.717) is 23.9 Å². The van der Waals surface area contributed by atoms with Crippen LogP contribution in [0.5, 0.6) is 5.75 Å². The number of amides is 1. The highest BCUT2D eigenvalue weighted by Crippen LogP contribution is 2.25. The molecule has 4 aromatic rings. The molecular weight excluding hydrogens is 531 g/mol. The van der Waals surface area contributed by atoms with Crippen LogP contribution in [0.3, 0.4) is 0 Å². The smallest absolute Gasteiger partial charge is 0.276 e. The van der Waals surface area contributed by atoms with Crippen molar-refractivity contribution < 1.29 is 9.53 Å². The van der Waals surface area contributed by atoms with E-state index in [9.17, 15) is 4.79 Å². The first-order chi connectivity index (χ1) is 18.5. The molecule has 6 nitrogen and oxygen atoms in total. The number of ether oxygens (including phenoxy) is 1. The second-order valence-electron chi connectivity index (χ2n) is 9.84. The molecule has 0 bridgehead atoms. The molecule has 1 N–H and O–H groups in total. The topological polar surface area (TPSA) is 59.4 Å². The number of piperidine rings is 1. The van der Waals surface area contributed by atoms with Crippen molar-refractivity contribution in [2.24, 2.45) is 0 Å². The van der Waals surface area contributed by atoms with Crippen LogP contribution in [0, 0.1) is 6.92 Å². The maximum Gasteiger partial charge on any atom is 0.276 e. The second-order valence-corrected chi connectivity index (χ2v) is 10.3. The summed E-state index contributed by atoms with van der Waals surface area (Å²) in [4.78, 5) is 15.5. The highest BCUT2D eigenvalue weighted by atomic mass is 35.5. The van der Waals surface area contributed by atoms with Gasteiger partial charge >= 0.3 is 0 Å². The minimum absolute atomic E-state index is 0. The Morgan fingerprint density at radius 2 is 1.67 bits per heavy atom. The van der Waals surface area contributed by atoms with E-state index in [4.69, 9.17) is 16.3 Å². The number of benzene rings is 3. The maximum absolute atomic E-state index is 13.0. The maximum atomic E-state index is 13.0. The van der Waals surface area contributed by atoms with E-state index in [2.05, 4.69) is 27.4 Å². The molecule has 0 unspecified atom stereocenters. The van der Waals surface area contributed by atoms with Crippen molar-refractivity contribution in [2.45, 2.75) is 45.9 Å². The van der Waals surface area contributed by atoms with Gasteiger partial charge in [0.1, 0.15) is 12.4 Å². The number of hydrogen-bond acceptors (Lipinski definition) is 4. The summed E-state index contributed by atoms with van der Waals surface area (Å²) in [6, 6.07) is 25.5. The number of rotatable bonds is 9. The fourth-order valence-electron chi connectivity index (χ4n) is 4.75. The largest absolute Gasteiger partial charge is 0.489 e. The Morgan fingerprint density at radius 3 is 2.41 bits per heavy atom. The van der Waals surface area contributed by atoms with Crippen molar-refractivity contribution in [3.05, 3.63) is 112 Å². The van der Waals surface area contributed by atoms with Gasteiger partial charge in [0, 0.05) is 28.5 Å². The van der Waals surface area contributed by atoms with Crippen molar-refractivity contribution >= 4 is 35.6 Å². The van der Waals surface area contributed by atoms with Crippen molar-refractivity contribution in [3.8, 4) is 5.75 Å². The van der Waals surface area contributed by atoms with Crippen LogP contribution in [0.2, 0.25) is 5.02 Å². The van der Waals surface area contributed by atoms with Crippen LogP contribution in [0.25, 0.3) is 0 Å². The zero-order chi connectivity index (χ0) is 26.3. The van der Waals surface area contributed by atoms with Crippen molar-refractivity contribution in [3.63, 3.8) is 0 Å². The third-order valence-corrected chi connectivity index (χ3v) is 7.10. The van der Waals surface area contributed by atoms with E-state index in [0.717, 1.165) is 47.9 Å². The van der Waals surface area contributed by atoms with Crippen molar-refractivity contribution in [1.29, 1.82) is 0 Å². The van der Waals surface area contributed by atoms with Gasteiger partial charge in [0.2, 0.25) is 0 Å². The summed E-state index contributed by atoms with van der Waals surface area (Å²) in [5, 5.41) is 8.19. The molecule has 1 aliphatic heterocycles. The van der Waals surface area contributed by atoms with Crippen molar-refractivity contribution in [2.75, 3.05) is 18.4 Å². The standard InChI is InChI=1S/C31H33ClN4O2.ClH/c1-23-18-29(31(37)33-28-13-10-24(11-14-28)20-35-16-6-3-7-17-35)34-36(23)21-26-19-27(32)12-15-30(26)38-22-25-8-4-2-5-9-25;/h2,4-5,8-15,18-19H,3,6-7,16-17,20-22H2,1H3,(H,33,37);1H. The zero-order valence-corrected chi connectivity index (χ0v) is 23.7. The van der Waals surface area contributed by atoms with Crippen molar-refractivity contribution in [1.82, 2.24) is 14.7 Å². The molecule has 8 heteroatoms. The van der Waals surface area contributed by atoms with E-state index < -0.39 is 0 Å². The SMILES string of the molecule is Cc1cc(C(=O)Nc2ccc(CN3CCCCC3)cc2)nn1Cc1cc(Cl)ccc1OCc1ccccc1.Cl. The van der Waals surface area contributed by atoms with Crippen LogP contribution in [0.1, 0.15) is 52.1 Å². The van der Waals surface area contributed by atoms with E-state index >= 15 is 0 Å². The minimum atomic E-state index is -0.234. The molecule has 39 heavy (non-hydrogen) atoms. The van der Waals surface area contributed by atoms with Gasteiger partial charge < -0.3 is 10.1 Å².